The number of carbonyl (C=O) groups excluding carboxylic acids is 1. The predicted molar refractivity (Wildman–Crippen MR) is 75.6 cm³/mol. The van der Waals surface area contributed by atoms with Gasteiger partial charge in [-0.3, -0.25) is 9.69 Å². The van der Waals surface area contributed by atoms with Crippen molar-refractivity contribution in [2.24, 2.45) is 0 Å². The van der Waals surface area contributed by atoms with Gasteiger partial charge >= 0.3 is 5.97 Å². The largest absolute Gasteiger partial charge is 0.487 e. The van der Waals surface area contributed by atoms with E-state index in [9.17, 15) is 9.18 Å². The summed E-state index contributed by atoms with van der Waals surface area (Å²) in [4.78, 5) is 13.4. The van der Waals surface area contributed by atoms with Gasteiger partial charge in [0.15, 0.2) is 11.6 Å². The Labute approximate surface area is 123 Å². The average molecular weight is 293 g/mol. The van der Waals surface area contributed by atoms with Crippen molar-refractivity contribution in [1.82, 2.24) is 4.90 Å². The van der Waals surface area contributed by atoms with Crippen LogP contribution in [0, 0.1) is 5.82 Å². The van der Waals surface area contributed by atoms with E-state index in [1.54, 1.807) is 18.2 Å². The molecule has 0 aliphatic carbocycles. The molecule has 0 unspecified atom stereocenters. The summed E-state index contributed by atoms with van der Waals surface area (Å²) >= 11 is 0. The molecule has 2 heterocycles. The van der Waals surface area contributed by atoms with Crippen LogP contribution in [-0.4, -0.2) is 42.7 Å². The maximum Gasteiger partial charge on any atom is 0.306 e. The molecule has 0 amide bonds. The molecule has 5 heteroatoms. The molecule has 1 atom stereocenters. The Bertz CT molecular complexity index is 500. The number of hydrogen-bond donors (Lipinski definition) is 0. The second-order valence-electron chi connectivity index (χ2n) is 5.70. The van der Waals surface area contributed by atoms with E-state index in [-0.39, 0.29) is 24.0 Å². The van der Waals surface area contributed by atoms with Gasteiger partial charge in [0.2, 0.25) is 0 Å². The number of benzene rings is 1. The number of hydrogen-bond acceptors (Lipinski definition) is 4. The third kappa shape index (κ3) is 3.73. The van der Waals surface area contributed by atoms with Crippen LogP contribution < -0.4 is 4.74 Å². The topological polar surface area (TPSA) is 38.8 Å². The Morgan fingerprint density at radius 3 is 2.67 bits per heavy atom. The molecular formula is C16H20FNO3. The maximum absolute atomic E-state index is 13.5. The summed E-state index contributed by atoms with van der Waals surface area (Å²) in [5.74, 6) is -0.0590. The summed E-state index contributed by atoms with van der Waals surface area (Å²) in [5.41, 5.74) is 0. The van der Waals surface area contributed by atoms with Gasteiger partial charge < -0.3 is 9.47 Å². The minimum atomic E-state index is -0.308. The molecule has 21 heavy (non-hydrogen) atoms. The van der Waals surface area contributed by atoms with Crippen molar-refractivity contribution in [3.05, 3.63) is 30.1 Å². The van der Waals surface area contributed by atoms with Crippen LogP contribution in [0.4, 0.5) is 4.39 Å². The third-order valence-electron chi connectivity index (χ3n) is 4.10. The van der Waals surface area contributed by atoms with Gasteiger partial charge in [0.25, 0.3) is 0 Å². The first-order valence-corrected chi connectivity index (χ1v) is 7.54. The smallest absolute Gasteiger partial charge is 0.306 e. The second kappa shape index (κ2) is 6.43. The van der Waals surface area contributed by atoms with Crippen molar-refractivity contribution in [3.63, 3.8) is 0 Å². The van der Waals surface area contributed by atoms with Gasteiger partial charge in [-0.15, -0.1) is 0 Å². The van der Waals surface area contributed by atoms with Crippen LogP contribution in [0.15, 0.2) is 24.3 Å². The standard InChI is InChI=1S/C16H20FNO3/c17-14-3-1-2-4-15(14)20-12-7-9-18(10-8-12)11-13-5-6-16(19)21-13/h1-4,12-13H,5-11H2/t13-/m1/s1. The normalized spacial score (nSPS) is 24.0. The van der Waals surface area contributed by atoms with Crippen LogP contribution in [-0.2, 0) is 9.53 Å². The van der Waals surface area contributed by atoms with Crippen LogP contribution in [0.2, 0.25) is 0 Å². The molecule has 0 aromatic heterocycles. The number of para-hydroxylation sites is 1. The number of rotatable bonds is 4. The Morgan fingerprint density at radius 1 is 1.24 bits per heavy atom. The number of likely N-dealkylation sites (tertiary alicyclic amines) is 1. The highest BCUT2D eigenvalue weighted by atomic mass is 19.1. The van der Waals surface area contributed by atoms with Gasteiger partial charge in [-0.2, -0.15) is 0 Å². The van der Waals surface area contributed by atoms with E-state index in [4.69, 9.17) is 9.47 Å². The molecule has 2 fully saturated rings. The molecule has 0 bridgehead atoms. The van der Waals surface area contributed by atoms with Crippen molar-refractivity contribution in [3.8, 4) is 5.75 Å². The van der Waals surface area contributed by atoms with Gasteiger partial charge in [-0.05, 0) is 31.4 Å². The van der Waals surface area contributed by atoms with E-state index in [1.165, 1.54) is 6.07 Å². The van der Waals surface area contributed by atoms with Crippen molar-refractivity contribution >= 4 is 5.97 Å². The number of halogens is 1. The second-order valence-corrected chi connectivity index (χ2v) is 5.70. The number of esters is 1. The lowest BCUT2D eigenvalue weighted by Crippen LogP contribution is -2.41. The van der Waals surface area contributed by atoms with Crippen molar-refractivity contribution in [2.45, 2.75) is 37.9 Å². The highest BCUT2D eigenvalue weighted by Gasteiger charge is 2.28. The molecule has 0 saturated carbocycles. The highest BCUT2D eigenvalue weighted by Crippen LogP contribution is 2.23. The molecule has 2 aliphatic rings. The number of nitrogens with zero attached hydrogens (tertiary/aromatic N) is 1. The predicted octanol–water partition coefficient (Wildman–Crippen LogP) is 2.37. The summed E-state index contributed by atoms with van der Waals surface area (Å²) in [6, 6.07) is 6.52. The molecule has 1 aromatic rings. The SMILES string of the molecule is O=C1CC[C@H](CN2CCC(Oc3ccccc3F)CC2)O1. The number of piperidine rings is 1. The van der Waals surface area contributed by atoms with Gasteiger partial charge in [0.05, 0.1) is 0 Å². The van der Waals surface area contributed by atoms with E-state index in [2.05, 4.69) is 4.90 Å². The molecular weight excluding hydrogens is 273 g/mol. The van der Waals surface area contributed by atoms with Gasteiger partial charge in [0.1, 0.15) is 12.2 Å². The monoisotopic (exact) mass is 293 g/mol. The van der Waals surface area contributed by atoms with Crippen LogP contribution in [0.3, 0.4) is 0 Å². The van der Waals surface area contributed by atoms with Gasteiger partial charge in [-0.1, -0.05) is 12.1 Å². The van der Waals surface area contributed by atoms with Gasteiger partial charge in [-0.25, -0.2) is 4.39 Å². The lowest BCUT2D eigenvalue weighted by molar-refractivity contribution is -0.142. The minimum absolute atomic E-state index is 0.0431. The number of ether oxygens (including phenoxy) is 2. The van der Waals surface area contributed by atoms with Crippen molar-refractivity contribution in [1.29, 1.82) is 0 Å². The zero-order valence-corrected chi connectivity index (χ0v) is 12.0. The summed E-state index contributed by atoms with van der Waals surface area (Å²) < 4.78 is 24.5. The van der Waals surface area contributed by atoms with Crippen LogP contribution in [0.1, 0.15) is 25.7 Å². The van der Waals surface area contributed by atoms with E-state index >= 15 is 0 Å². The molecule has 2 aliphatic heterocycles. The highest BCUT2D eigenvalue weighted by molar-refractivity contribution is 5.71. The maximum atomic E-state index is 13.5. The average Bonchev–Trinajstić information content (AvgIpc) is 2.89. The third-order valence-corrected chi connectivity index (χ3v) is 4.10. The molecule has 3 rings (SSSR count). The molecule has 0 spiro atoms. The summed E-state index contributed by atoms with van der Waals surface area (Å²) in [7, 11) is 0. The Hall–Kier alpha value is -1.62. The Morgan fingerprint density at radius 2 is 2.00 bits per heavy atom. The Kier molecular flexibility index (Phi) is 4.39. The van der Waals surface area contributed by atoms with E-state index in [1.807, 2.05) is 0 Å². The summed E-state index contributed by atoms with van der Waals surface area (Å²) in [5, 5.41) is 0. The molecule has 0 radical (unpaired) electrons. The van der Waals surface area contributed by atoms with E-state index in [0.717, 1.165) is 38.9 Å². The first-order valence-electron chi connectivity index (χ1n) is 7.54. The first-order chi connectivity index (χ1) is 10.2. The lowest BCUT2D eigenvalue weighted by atomic mass is 10.1. The summed E-state index contributed by atoms with van der Waals surface area (Å²) in [6.07, 6.45) is 3.21. The fourth-order valence-electron chi connectivity index (χ4n) is 2.93. The zero-order valence-electron chi connectivity index (χ0n) is 12.0. The summed E-state index contributed by atoms with van der Waals surface area (Å²) in [6.45, 7) is 2.60. The fraction of sp³-hybridized carbons (Fsp3) is 0.562. The van der Waals surface area contributed by atoms with E-state index in [0.29, 0.717) is 12.2 Å². The molecule has 4 nitrogen and oxygen atoms in total. The molecule has 0 N–H and O–H groups in total. The Balaban J connectivity index is 1.45. The van der Waals surface area contributed by atoms with E-state index < -0.39 is 0 Å². The van der Waals surface area contributed by atoms with Crippen molar-refractivity contribution < 1.29 is 18.7 Å². The molecule has 2 saturated heterocycles. The number of carbonyl (C=O) groups is 1. The minimum Gasteiger partial charge on any atom is -0.487 e. The zero-order chi connectivity index (χ0) is 14.7. The fourth-order valence-corrected chi connectivity index (χ4v) is 2.93. The van der Waals surface area contributed by atoms with Crippen LogP contribution in [0.25, 0.3) is 0 Å². The van der Waals surface area contributed by atoms with Crippen LogP contribution in [0.5, 0.6) is 5.75 Å². The quantitative estimate of drug-likeness (QED) is 0.799. The first kappa shape index (κ1) is 14.3. The lowest BCUT2D eigenvalue weighted by Gasteiger charge is -2.33. The van der Waals surface area contributed by atoms with Crippen molar-refractivity contribution in [2.75, 3.05) is 19.6 Å². The number of cyclic esters (lactones) is 1. The van der Waals surface area contributed by atoms with Gasteiger partial charge in [0, 0.05) is 26.1 Å². The van der Waals surface area contributed by atoms with Crippen LogP contribution >= 0.6 is 0 Å². The molecule has 114 valence electrons. The molecule has 1 aromatic carbocycles.